The van der Waals surface area contributed by atoms with Crippen LogP contribution in [0.25, 0.3) is 22.3 Å². The molecule has 0 fully saturated rings. The predicted octanol–water partition coefficient (Wildman–Crippen LogP) is 4.74. The summed E-state index contributed by atoms with van der Waals surface area (Å²) in [5.41, 5.74) is 6.85. The third kappa shape index (κ3) is 4.49. The number of imidazole rings is 1. The summed E-state index contributed by atoms with van der Waals surface area (Å²) in [6.07, 6.45) is 14.2. The fraction of sp³-hybridized carbons (Fsp3) is 0.280. The Balaban J connectivity index is 1.38. The van der Waals surface area contributed by atoms with Crippen LogP contribution < -0.4 is 4.72 Å². The van der Waals surface area contributed by atoms with Gasteiger partial charge in [-0.05, 0) is 49.6 Å². The van der Waals surface area contributed by atoms with E-state index in [1.165, 1.54) is 23.7 Å². The van der Waals surface area contributed by atoms with E-state index >= 15 is 0 Å². The molecule has 5 heterocycles. The van der Waals surface area contributed by atoms with E-state index in [4.69, 9.17) is 5.41 Å². The van der Waals surface area contributed by atoms with Gasteiger partial charge in [0, 0.05) is 74.1 Å². The van der Waals surface area contributed by atoms with Gasteiger partial charge in [-0.2, -0.15) is 5.10 Å². The van der Waals surface area contributed by atoms with Gasteiger partial charge in [0.25, 0.3) is 0 Å². The molecule has 2 N–H and O–H groups in total. The Morgan fingerprint density at radius 3 is 2.68 bits per heavy atom. The summed E-state index contributed by atoms with van der Waals surface area (Å²) in [4.78, 5) is 11.5. The molecule has 9 heteroatoms. The average Bonchev–Trinajstić information content (AvgIpc) is 3.48. The van der Waals surface area contributed by atoms with Gasteiger partial charge >= 0.3 is 0 Å². The Labute approximate surface area is 203 Å². The molecule has 8 nitrogen and oxygen atoms in total. The van der Waals surface area contributed by atoms with Crippen LogP contribution in [0.4, 0.5) is 5.69 Å². The van der Waals surface area contributed by atoms with Crippen molar-refractivity contribution in [1.29, 1.82) is 5.41 Å². The molecule has 0 radical (unpaired) electrons. The smallest absolute Gasteiger partial charge is 0.137 e. The zero-order chi connectivity index (χ0) is 23.7. The fourth-order valence-corrected chi connectivity index (χ4v) is 4.87. The van der Waals surface area contributed by atoms with Crippen molar-refractivity contribution in [2.75, 3.05) is 17.8 Å². The summed E-state index contributed by atoms with van der Waals surface area (Å²) in [5, 5.41) is 13.0. The summed E-state index contributed by atoms with van der Waals surface area (Å²) in [6.45, 7) is 6.48. The molecule has 0 saturated carbocycles. The van der Waals surface area contributed by atoms with Gasteiger partial charge in [0.15, 0.2) is 0 Å². The normalized spacial score (nSPS) is 14.5. The van der Waals surface area contributed by atoms with E-state index < -0.39 is 0 Å². The summed E-state index contributed by atoms with van der Waals surface area (Å²) in [7, 11) is 1.91. The van der Waals surface area contributed by atoms with Crippen LogP contribution in [0.5, 0.6) is 0 Å². The molecular weight excluding hydrogens is 444 g/mol. The first-order valence-electron chi connectivity index (χ1n) is 11.3. The monoisotopic (exact) mass is 472 g/mol. The van der Waals surface area contributed by atoms with E-state index in [9.17, 15) is 0 Å². The second-order valence-electron chi connectivity index (χ2n) is 8.72. The van der Waals surface area contributed by atoms with Crippen molar-refractivity contribution < 1.29 is 0 Å². The number of hydrogen-bond acceptors (Lipinski definition) is 7. The van der Waals surface area contributed by atoms with Crippen molar-refractivity contribution in [3.05, 3.63) is 66.5 Å². The topological polar surface area (TPSA) is 87.1 Å². The first kappa shape index (κ1) is 22.4. The van der Waals surface area contributed by atoms with Gasteiger partial charge in [-0.25, -0.2) is 4.98 Å². The third-order valence-corrected chi connectivity index (χ3v) is 7.01. The highest BCUT2D eigenvalue weighted by atomic mass is 32.2. The lowest BCUT2D eigenvalue weighted by Gasteiger charge is -2.29. The molecule has 4 aromatic heterocycles. The number of hydrogen-bond donors (Lipinski definition) is 2. The molecular formula is C25H28N8S. The van der Waals surface area contributed by atoms with E-state index in [0.29, 0.717) is 11.7 Å². The Morgan fingerprint density at radius 2 is 1.97 bits per heavy atom. The fourth-order valence-electron chi connectivity index (χ4n) is 4.15. The first-order valence-corrected chi connectivity index (χ1v) is 12.2. The highest BCUT2D eigenvalue weighted by Crippen LogP contribution is 2.29. The first-order chi connectivity index (χ1) is 16.5. The molecule has 0 saturated heterocycles. The molecule has 0 unspecified atom stereocenters. The number of fused-ring (bicyclic) bond motifs is 1. The molecule has 174 valence electrons. The third-order valence-electron chi connectivity index (χ3n) is 6.17. The minimum Gasteiger partial charge on any atom is -0.322 e. The lowest BCUT2D eigenvalue weighted by Crippen LogP contribution is -2.34. The average molecular weight is 473 g/mol. The van der Waals surface area contributed by atoms with Crippen molar-refractivity contribution in [2.45, 2.75) is 31.3 Å². The van der Waals surface area contributed by atoms with Gasteiger partial charge in [0.2, 0.25) is 0 Å². The second-order valence-corrected chi connectivity index (χ2v) is 9.54. The maximum atomic E-state index is 7.80. The standard InChI is InChI=1S/C25H28N8S/c1-17(2)32-8-6-18(7-9-32)20-10-22(23(11-26)27-12-20)30-34-25-14-28-24-5-4-19(16-33(24)25)21-13-29-31(3)15-21/h4-6,10-17,26,30H,7-9H2,1-3H3. The zero-order valence-electron chi connectivity index (χ0n) is 19.6. The lowest BCUT2D eigenvalue weighted by atomic mass is 9.99. The minimum absolute atomic E-state index is 0.550. The summed E-state index contributed by atoms with van der Waals surface area (Å²) in [6, 6.07) is 6.71. The maximum absolute atomic E-state index is 7.80. The number of rotatable bonds is 7. The van der Waals surface area contributed by atoms with Crippen molar-refractivity contribution in [3.8, 4) is 11.1 Å². The quantitative estimate of drug-likeness (QED) is 0.298. The molecule has 0 spiro atoms. The zero-order valence-corrected chi connectivity index (χ0v) is 20.4. The van der Waals surface area contributed by atoms with Gasteiger partial charge in [-0.15, -0.1) is 0 Å². The van der Waals surface area contributed by atoms with Crippen LogP contribution in [-0.2, 0) is 7.05 Å². The van der Waals surface area contributed by atoms with E-state index in [1.54, 1.807) is 4.68 Å². The summed E-state index contributed by atoms with van der Waals surface area (Å²) in [5.74, 6) is 0. The van der Waals surface area contributed by atoms with Crippen molar-refractivity contribution in [3.63, 3.8) is 0 Å². The van der Waals surface area contributed by atoms with Crippen LogP contribution in [0.2, 0.25) is 0 Å². The lowest BCUT2D eigenvalue weighted by molar-refractivity contribution is 0.245. The van der Waals surface area contributed by atoms with Gasteiger partial charge in [0.1, 0.15) is 16.4 Å². The van der Waals surface area contributed by atoms with E-state index in [2.05, 4.69) is 67.3 Å². The molecule has 0 aromatic carbocycles. The number of anilines is 1. The van der Waals surface area contributed by atoms with E-state index in [0.717, 1.165) is 52.6 Å². The molecule has 1 aliphatic rings. The van der Waals surface area contributed by atoms with Crippen LogP contribution in [0.1, 0.15) is 31.5 Å². The number of aryl methyl sites for hydroxylation is 1. The van der Waals surface area contributed by atoms with Gasteiger partial charge < -0.3 is 10.1 Å². The van der Waals surface area contributed by atoms with Crippen LogP contribution in [0.3, 0.4) is 0 Å². The molecule has 0 atom stereocenters. The Morgan fingerprint density at radius 1 is 1.09 bits per heavy atom. The van der Waals surface area contributed by atoms with Gasteiger partial charge in [-0.3, -0.25) is 19.0 Å². The summed E-state index contributed by atoms with van der Waals surface area (Å²) < 4.78 is 7.27. The highest BCUT2D eigenvalue weighted by molar-refractivity contribution is 8.00. The molecule has 0 amide bonds. The second kappa shape index (κ2) is 9.44. The van der Waals surface area contributed by atoms with Crippen LogP contribution in [0.15, 0.2) is 60.3 Å². The maximum Gasteiger partial charge on any atom is 0.137 e. The number of nitrogens with one attached hydrogen (secondary N) is 2. The number of nitrogens with zero attached hydrogens (tertiary/aromatic N) is 6. The van der Waals surface area contributed by atoms with Crippen LogP contribution in [-0.4, -0.2) is 54.4 Å². The van der Waals surface area contributed by atoms with E-state index in [-0.39, 0.29) is 0 Å². The van der Waals surface area contributed by atoms with Crippen molar-refractivity contribution in [1.82, 2.24) is 29.0 Å². The predicted molar refractivity (Wildman–Crippen MR) is 138 cm³/mol. The Hall–Kier alpha value is -3.43. The van der Waals surface area contributed by atoms with Crippen molar-refractivity contribution in [2.24, 2.45) is 7.05 Å². The number of pyridine rings is 2. The van der Waals surface area contributed by atoms with E-state index in [1.807, 2.05) is 37.9 Å². The highest BCUT2D eigenvalue weighted by Gasteiger charge is 2.17. The van der Waals surface area contributed by atoms with Gasteiger partial charge in [0.05, 0.1) is 18.1 Å². The molecule has 0 aliphatic carbocycles. The molecule has 34 heavy (non-hydrogen) atoms. The Bertz CT molecular complexity index is 1370. The molecule has 1 aliphatic heterocycles. The van der Waals surface area contributed by atoms with Crippen molar-refractivity contribution >= 4 is 35.1 Å². The summed E-state index contributed by atoms with van der Waals surface area (Å²) >= 11 is 1.47. The SMILES string of the molecule is CC(C)N1CC=C(c2cnc(C=N)c(NSc3cnc4ccc(-c5cnn(C)c5)cn34)c2)CC1. The van der Waals surface area contributed by atoms with Crippen LogP contribution >= 0.6 is 11.9 Å². The molecule has 0 bridgehead atoms. The Kier molecular flexibility index (Phi) is 6.21. The van der Waals surface area contributed by atoms with Crippen LogP contribution in [0, 0.1) is 5.41 Å². The number of aromatic nitrogens is 5. The minimum atomic E-state index is 0.550. The van der Waals surface area contributed by atoms with Gasteiger partial charge in [-0.1, -0.05) is 6.08 Å². The largest absolute Gasteiger partial charge is 0.322 e. The molecule has 5 rings (SSSR count). The molecule has 4 aromatic rings.